The van der Waals surface area contributed by atoms with E-state index in [0.29, 0.717) is 11.4 Å². The van der Waals surface area contributed by atoms with E-state index in [1.807, 2.05) is 6.92 Å². The van der Waals surface area contributed by atoms with Crippen molar-refractivity contribution in [2.45, 2.75) is 18.7 Å². The number of carbonyl (C=O) groups is 1. The van der Waals surface area contributed by atoms with Gasteiger partial charge in [-0.25, -0.2) is 12.7 Å². The van der Waals surface area contributed by atoms with Crippen molar-refractivity contribution in [3.63, 3.8) is 0 Å². The van der Waals surface area contributed by atoms with Gasteiger partial charge in [0.1, 0.15) is 0 Å². The average Bonchev–Trinajstić information content (AvgIpc) is 2.73. The molecule has 0 bridgehead atoms. The minimum atomic E-state index is -3.58. The summed E-state index contributed by atoms with van der Waals surface area (Å²) in [6.07, 6.45) is 0. The molecule has 1 amide bonds. The minimum Gasteiger partial charge on any atom is -0.319 e. The number of hydrogen-bond donors (Lipinski definition) is 1. The average molecular weight is 336 g/mol. The Kier molecular flexibility index (Phi) is 4.58. The zero-order valence-corrected chi connectivity index (χ0v) is 14.6. The lowest BCUT2D eigenvalue weighted by molar-refractivity contribution is 0.102. The number of aromatic nitrogens is 2. The van der Waals surface area contributed by atoms with Crippen molar-refractivity contribution in [3.8, 4) is 0 Å². The Hall–Kier alpha value is -2.19. The second kappa shape index (κ2) is 6.13. The van der Waals surface area contributed by atoms with Gasteiger partial charge in [0.2, 0.25) is 10.0 Å². The smallest absolute Gasteiger partial charge is 0.255 e. The molecule has 0 saturated heterocycles. The van der Waals surface area contributed by atoms with Gasteiger partial charge in [-0.05, 0) is 32.0 Å². The molecule has 0 fully saturated rings. The summed E-state index contributed by atoms with van der Waals surface area (Å²) in [6.45, 7) is 3.65. The number of rotatable bonds is 4. The Morgan fingerprint density at radius 3 is 2.43 bits per heavy atom. The molecule has 0 unspecified atom stereocenters. The van der Waals surface area contributed by atoms with Crippen molar-refractivity contribution >= 4 is 21.6 Å². The number of carbonyl (C=O) groups excluding carboxylic acids is 1. The van der Waals surface area contributed by atoms with Crippen molar-refractivity contribution < 1.29 is 13.2 Å². The van der Waals surface area contributed by atoms with Gasteiger partial charge in [-0.2, -0.15) is 5.10 Å². The molecule has 0 spiro atoms. The van der Waals surface area contributed by atoms with Crippen LogP contribution in [-0.2, 0) is 17.1 Å². The molecule has 124 valence electrons. The lowest BCUT2D eigenvalue weighted by Gasteiger charge is -2.12. The number of hydrogen-bond acceptors (Lipinski definition) is 4. The summed E-state index contributed by atoms with van der Waals surface area (Å²) in [5.41, 5.74) is 2.44. The molecule has 1 aromatic heterocycles. The van der Waals surface area contributed by atoms with Crippen LogP contribution in [0.5, 0.6) is 0 Å². The fourth-order valence-electron chi connectivity index (χ4n) is 2.15. The lowest BCUT2D eigenvalue weighted by atomic mass is 10.2. The van der Waals surface area contributed by atoms with Gasteiger partial charge in [-0.1, -0.05) is 6.07 Å². The van der Waals surface area contributed by atoms with Gasteiger partial charge < -0.3 is 5.32 Å². The fraction of sp³-hybridized carbons (Fsp3) is 0.333. The zero-order valence-electron chi connectivity index (χ0n) is 13.8. The van der Waals surface area contributed by atoms with E-state index in [1.165, 1.54) is 26.2 Å². The van der Waals surface area contributed by atoms with E-state index in [1.54, 1.807) is 30.8 Å². The summed E-state index contributed by atoms with van der Waals surface area (Å²) in [4.78, 5) is 12.5. The van der Waals surface area contributed by atoms with Gasteiger partial charge >= 0.3 is 0 Å². The second-order valence-corrected chi connectivity index (χ2v) is 7.59. The van der Waals surface area contributed by atoms with Crippen LogP contribution >= 0.6 is 0 Å². The normalized spacial score (nSPS) is 11.7. The summed E-state index contributed by atoms with van der Waals surface area (Å²) in [7, 11) is 1.11. The third-order valence-corrected chi connectivity index (χ3v) is 5.43. The van der Waals surface area contributed by atoms with Crippen LogP contribution in [0.1, 0.15) is 21.7 Å². The Morgan fingerprint density at radius 2 is 1.91 bits per heavy atom. The van der Waals surface area contributed by atoms with Crippen LogP contribution in [0.4, 0.5) is 5.69 Å². The number of aryl methyl sites for hydroxylation is 2. The van der Waals surface area contributed by atoms with Crippen LogP contribution in [0, 0.1) is 13.8 Å². The maximum absolute atomic E-state index is 12.4. The van der Waals surface area contributed by atoms with Crippen molar-refractivity contribution in [2.24, 2.45) is 7.05 Å². The summed E-state index contributed by atoms with van der Waals surface area (Å²) in [5.74, 6) is -0.375. The van der Waals surface area contributed by atoms with E-state index >= 15 is 0 Å². The third-order valence-electron chi connectivity index (χ3n) is 3.62. The number of anilines is 1. The molecule has 0 radical (unpaired) electrons. The SMILES string of the molecule is Cc1nn(C)c(C)c1NC(=O)c1cccc(S(=O)(=O)N(C)C)c1. The largest absolute Gasteiger partial charge is 0.319 e. The van der Waals surface area contributed by atoms with E-state index in [0.717, 1.165) is 10.00 Å². The highest BCUT2D eigenvalue weighted by Crippen LogP contribution is 2.20. The topological polar surface area (TPSA) is 84.3 Å². The standard InChI is InChI=1S/C15H20N4O3S/c1-10-14(11(2)19(5)17-10)16-15(20)12-7-6-8-13(9-12)23(21,22)18(3)4/h6-9H,1-5H3,(H,16,20). The van der Waals surface area contributed by atoms with Crippen LogP contribution in [0.2, 0.25) is 0 Å². The molecule has 0 aliphatic carbocycles. The van der Waals surface area contributed by atoms with Crippen LogP contribution < -0.4 is 5.32 Å². The van der Waals surface area contributed by atoms with Crippen molar-refractivity contribution in [2.75, 3.05) is 19.4 Å². The molecule has 23 heavy (non-hydrogen) atoms. The van der Waals surface area contributed by atoms with Gasteiger partial charge in [0, 0.05) is 26.7 Å². The van der Waals surface area contributed by atoms with Crippen LogP contribution in [0.25, 0.3) is 0 Å². The molecule has 0 saturated carbocycles. The van der Waals surface area contributed by atoms with E-state index in [4.69, 9.17) is 0 Å². The quantitative estimate of drug-likeness (QED) is 0.918. The lowest BCUT2D eigenvalue weighted by Crippen LogP contribution is -2.22. The maximum atomic E-state index is 12.4. The number of nitrogens with one attached hydrogen (secondary N) is 1. The first-order chi connectivity index (χ1) is 10.6. The minimum absolute atomic E-state index is 0.0785. The Balaban J connectivity index is 2.34. The van der Waals surface area contributed by atoms with Crippen LogP contribution in [0.3, 0.4) is 0 Å². The molecule has 0 atom stereocenters. The molecule has 2 rings (SSSR count). The Bertz CT molecular complexity index is 854. The molecule has 0 aliphatic heterocycles. The first kappa shape index (κ1) is 17.2. The number of amides is 1. The number of benzene rings is 1. The molecule has 0 aliphatic rings. The van der Waals surface area contributed by atoms with Crippen LogP contribution in [-0.4, -0.2) is 42.5 Å². The van der Waals surface area contributed by atoms with E-state index in [9.17, 15) is 13.2 Å². The van der Waals surface area contributed by atoms with Crippen molar-refractivity contribution in [1.29, 1.82) is 0 Å². The molecule has 1 N–H and O–H groups in total. The molecule has 1 aromatic carbocycles. The van der Waals surface area contributed by atoms with Gasteiger partial charge in [-0.3, -0.25) is 9.48 Å². The highest BCUT2D eigenvalue weighted by molar-refractivity contribution is 7.89. The molecule has 7 nitrogen and oxygen atoms in total. The number of nitrogens with zero attached hydrogens (tertiary/aromatic N) is 3. The molecule has 8 heteroatoms. The summed E-state index contributed by atoms with van der Waals surface area (Å²) < 4.78 is 27.1. The van der Waals surface area contributed by atoms with E-state index in [2.05, 4.69) is 10.4 Å². The first-order valence-electron chi connectivity index (χ1n) is 6.98. The zero-order chi connectivity index (χ0) is 17.4. The molecular weight excluding hydrogens is 316 g/mol. The van der Waals surface area contributed by atoms with E-state index < -0.39 is 10.0 Å². The fourth-order valence-corrected chi connectivity index (χ4v) is 3.10. The predicted octanol–water partition coefficient (Wildman–Crippen LogP) is 1.54. The molecule has 2 aromatic rings. The van der Waals surface area contributed by atoms with Gasteiger partial charge in [0.25, 0.3) is 5.91 Å². The Morgan fingerprint density at radius 1 is 1.26 bits per heavy atom. The van der Waals surface area contributed by atoms with Gasteiger partial charge in [-0.15, -0.1) is 0 Å². The maximum Gasteiger partial charge on any atom is 0.255 e. The summed E-state index contributed by atoms with van der Waals surface area (Å²) in [6, 6.07) is 5.96. The summed E-state index contributed by atoms with van der Waals surface area (Å²) in [5, 5.41) is 7.03. The predicted molar refractivity (Wildman–Crippen MR) is 88.0 cm³/mol. The first-order valence-corrected chi connectivity index (χ1v) is 8.42. The number of sulfonamides is 1. The van der Waals surface area contributed by atoms with E-state index in [-0.39, 0.29) is 16.4 Å². The van der Waals surface area contributed by atoms with Crippen LogP contribution in [0.15, 0.2) is 29.2 Å². The highest BCUT2D eigenvalue weighted by Gasteiger charge is 2.19. The summed E-state index contributed by atoms with van der Waals surface area (Å²) >= 11 is 0. The van der Waals surface area contributed by atoms with Crippen molar-refractivity contribution in [3.05, 3.63) is 41.2 Å². The Labute approximate surface area is 136 Å². The van der Waals surface area contributed by atoms with Gasteiger partial charge in [0.05, 0.1) is 22.0 Å². The van der Waals surface area contributed by atoms with Gasteiger partial charge in [0.15, 0.2) is 0 Å². The second-order valence-electron chi connectivity index (χ2n) is 5.44. The van der Waals surface area contributed by atoms with Crippen molar-refractivity contribution in [1.82, 2.24) is 14.1 Å². The monoisotopic (exact) mass is 336 g/mol. The molecule has 1 heterocycles. The highest BCUT2D eigenvalue weighted by atomic mass is 32.2. The third kappa shape index (κ3) is 3.27. The molecular formula is C15H20N4O3S.